The molecular formula is C10H7F3N2O2. The van der Waals surface area contributed by atoms with E-state index in [0.29, 0.717) is 0 Å². The Bertz CT molecular complexity index is 483. The fourth-order valence-corrected chi connectivity index (χ4v) is 1.18. The van der Waals surface area contributed by atoms with Gasteiger partial charge < -0.3 is 4.74 Å². The van der Waals surface area contributed by atoms with Gasteiger partial charge >= 0.3 is 5.97 Å². The molecule has 0 amide bonds. The van der Waals surface area contributed by atoms with Crippen molar-refractivity contribution in [2.75, 3.05) is 7.11 Å². The predicted molar refractivity (Wildman–Crippen MR) is 49.6 cm³/mol. The molecule has 90 valence electrons. The molecule has 1 rings (SSSR count). The molecular weight excluding hydrogens is 237 g/mol. The van der Waals surface area contributed by atoms with E-state index in [2.05, 4.69) is 9.72 Å². The number of carbonyl (C=O) groups excluding carboxylic acids is 1. The second-order valence-corrected chi connectivity index (χ2v) is 3.04. The van der Waals surface area contributed by atoms with E-state index in [1.165, 1.54) is 6.07 Å². The molecule has 7 heteroatoms. The maximum atomic E-state index is 13.0. The average Bonchev–Trinajstić information content (AvgIpc) is 2.30. The highest BCUT2D eigenvalue weighted by molar-refractivity contribution is 5.72. The van der Waals surface area contributed by atoms with E-state index in [4.69, 9.17) is 5.26 Å². The van der Waals surface area contributed by atoms with Gasteiger partial charge in [-0.3, -0.25) is 4.79 Å². The van der Waals surface area contributed by atoms with Gasteiger partial charge in [-0.05, 0) is 11.6 Å². The lowest BCUT2D eigenvalue weighted by atomic mass is 10.1. The highest BCUT2D eigenvalue weighted by atomic mass is 19.3. The molecule has 0 atom stereocenters. The summed E-state index contributed by atoms with van der Waals surface area (Å²) in [7, 11) is 1.09. The minimum absolute atomic E-state index is 0.218. The molecule has 0 fully saturated rings. The maximum absolute atomic E-state index is 13.0. The second-order valence-electron chi connectivity index (χ2n) is 3.04. The Balaban J connectivity index is 3.25. The summed E-state index contributed by atoms with van der Waals surface area (Å²) in [5.41, 5.74) is -1.56. The first-order valence-electron chi connectivity index (χ1n) is 4.44. The number of nitrogens with zero attached hydrogens (tertiary/aromatic N) is 2. The van der Waals surface area contributed by atoms with Gasteiger partial charge in [0.1, 0.15) is 17.3 Å². The molecule has 1 aromatic heterocycles. The van der Waals surface area contributed by atoms with Crippen LogP contribution in [0.2, 0.25) is 0 Å². The maximum Gasteiger partial charge on any atom is 0.310 e. The van der Waals surface area contributed by atoms with Gasteiger partial charge in [-0.15, -0.1) is 0 Å². The molecule has 1 heterocycles. The number of nitriles is 1. The lowest BCUT2D eigenvalue weighted by Crippen LogP contribution is -2.10. The van der Waals surface area contributed by atoms with E-state index >= 15 is 0 Å². The number of rotatable bonds is 3. The monoisotopic (exact) mass is 244 g/mol. The molecule has 0 bridgehead atoms. The molecule has 0 saturated carbocycles. The van der Waals surface area contributed by atoms with E-state index in [1.807, 2.05) is 0 Å². The van der Waals surface area contributed by atoms with Crippen LogP contribution in [0.15, 0.2) is 6.07 Å². The van der Waals surface area contributed by atoms with Crippen molar-refractivity contribution >= 4 is 5.97 Å². The van der Waals surface area contributed by atoms with Crippen molar-refractivity contribution in [1.29, 1.82) is 5.26 Å². The van der Waals surface area contributed by atoms with Crippen LogP contribution in [0.3, 0.4) is 0 Å². The largest absolute Gasteiger partial charge is 0.469 e. The lowest BCUT2D eigenvalue weighted by Gasteiger charge is -2.07. The topological polar surface area (TPSA) is 63.0 Å². The number of halogens is 3. The van der Waals surface area contributed by atoms with Crippen LogP contribution < -0.4 is 0 Å². The standard InChI is InChI=1S/C10H7F3N2O2/c1-17-7(16)3-5-2-6(4-14)10(13)15-8(5)9(11)12/h2,9H,3H2,1H3. The summed E-state index contributed by atoms with van der Waals surface area (Å²) in [6, 6.07) is 2.33. The first-order valence-corrected chi connectivity index (χ1v) is 4.44. The summed E-state index contributed by atoms with van der Waals surface area (Å²) < 4.78 is 42.4. The first kappa shape index (κ1) is 13.0. The molecule has 0 aliphatic heterocycles. The minimum Gasteiger partial charge on any atom is -0.469 e. The van der Waals surface area contributed by atoms with Crippen molar-refractivity contribution in [1.82, 2.24) is 4.98 Å². The highest BCUT2D eigenvalue weighted by Crippen LogP contribution is 2.23. The third kappa shape index (κ3) is 2.93. The number of esters is 1. The average molecular weight is 244 g/mol. The summed E-state index contributed by atoms with van der Waals surface area (Å²) in [6.45, 7) is 0. The van der Waals surface area contributed by atoms with Crippen LogP contribution in [0.1, 0.15) is 23.2 Å². The van der Waals surface area contributed by atoms with Gasteiger partial charge in [0.15, 0.2) is 0 Å². The number of carbonyl (C=O) groups is 1. The third-order valence-corrected chi connectivity index (χ3v) is 1.98. The van der Waals surface area contributed by atoms with Crippen LogP contribution in [0.4, 0.5) is 13.2 Å². The second kappa shape index (κ2) is 5.30. The van der Waals surface area contributed by atoms with Crippen molar-refractivity contribution in [3.05, 3.63) is 28.8 Å². The summed E-state index contributed by atoms with van der Waals surface area (Å²) in [5.74, 6) is -2.05. The Kier molecular flexibility index (Phi) is 4.04. The summed E-state index contributed by atoms with van der Waals surface area (Å²) in [6.07, 6.45) is -3.52. The van der Waals surface area contributed by atoms with Crippen molar-refractivity contribution in [2.24, 2.45) is 0 Å². The fourth-order valence-electron chi connectivity index (χ4n) is 1.18. The van der Waals surface area contributed by atoms with Crippen LogP contribution in [0.25, 0.3) is 0 Å². The minimum atomic E-state index is -3.03. The van der Waals surface area contributed by atoms with E-state index in [-0.39, 0.29) is 5.56 Å². The quantitative estimate of drug-likeness (QED) is 0.600. The molecule has 17 heavy (non-hydrogen) atoms. The molecule has 0 radical (unpaired) electrons. The van der Waals surface area contributed by atoms with E-state index in [1.54, 1.807) is 0 Å². The third-order valence-electron chi connectivity index (χ3n) is 1.98. The predicted octanol–water partition coefficient (Wildman–Crippen LogP) is 1.75. The zero-order valence-electron chi connectivity index (χ0n) is 8.71. The van der Waals surface area contributed by atoms with Gasteiger partial charge in [-0.2, -0.15) is 9.65 Å². The fraction of sp³-hybridized carbons (Fsp3) is 0.300. The van der Waals surface area contributed by atoms with E-state index in [0.717, 1.165) is 13.2 Å². The Morgan fingerprint density at radius 2 is 2.29 bits per heavy atom. The Hall–Kier alpha value is -2.10. The molecule has 0 unspecified atom stereocenters. The Labute approximate surface area is 94.6 Å². The highest BCUT2D eigenvalue weighted by Gasteiger charge is 2.20. The van der Waals surface area contributed by atoms with Crippen LogP contribution in [-0.4, -0.2) is 18.1 Å². The molecule has 0 aliphatic carbocycles. The van der Waals surface area contributed by atoms with Gasteiger partial charge in [-0.1, -0.05) is 0 Å². The molecule has 0 spiro atoms. The first-order chi connectivity index (χ1) is 7.99. The SMILES string of the molecule is COC(=O)Cc1cc(C#N)c(F)nc1C(F)F. The van der Waals surface area contributed by atoms with Gasteiger partial charge in [0.25, 0.3) is 6.43 Å². The normalized spacial score (nSPS) is 10.1. The summed E-state index contributed by atoms with van der Waals surface area (Å²) in [5, 5.41) is 8.53. The van der Waals surface area contributed by atoms with Crippen LogP contribution in [0, 0.1) is 17.3 Å². The van der Waals surface area contributed by atoms with Gasteiger partial charge in [-0.25, -0.2) is 13.8 Å². The van der Waals surface area contributed by atoms with Crippen LogP contribution in [-0.2, 0) is 16.0 Å². The Morgan fingerprint density at radius 3 is 2.76 bits per heavy atom. The lowest BCUT2D eigenvalue weighted by molar-refractivity contribution is -0.139. The van der Waals surface area contributed by atoms with Crippen LogP contribution in [0.5, 0.6) is 0 Å². The number of hydrogen-bond donors (Lipinski definition) is 0. The van der Waals surface area contributed by atoms with Gasteiger partial charge in [0.05, 0.1) is 13.5 Å². The van der Waals surface area contributed by atoms with Crippen LogP contribution >= 0.6 is 0 Å². The Morgan fingerprint density at radius 1 is 1.65 bits per heavy atom. The van der Waals surface area contributed by atoms with E-state index < -0.39 is 36.0 Å². The zero-order valence-corrected chi connectivity index (χ0v) is 8.71. The smallest absolute Gasteiger partial charge is 0.310 e. The molecule has 0 N–H and O–H groups in total. The molecule has 0 aromatic carbocycles. The van der Waals surface area contributed by atoms with Crippen molar-refractivity contribution in [3.63, 3.8) is 0 Å². The van der Waals surface area contributed by atoms with Crippen molar-refractivity contribution in [2.45, 2.75) is 12.8 Å². The van der Waals surface area contributed by atoms with Gasteiger partial charge in [0, 0.05) is 0 Å². The summed E-state index contributed by atoms with van der Waals surface area (Å²) >= 11 is 0. The number of aromatic nitrogens is 1. The molecule has 0 aliphatic rings. The zero-order chi connectivity index (χ0) is 13.0. The molecule has 1 aromatic rings. The van der Waals surface area contributed by atoms with Gasteiger partial charge in [0.2, 0.25) is 5.95 Å². The summed E-state index contributed by atoms with van der Waals surface area (Å²) in [4.78, 5) is 14.0. The number of ether oxygens (including phenoxy) is 1. The molecule has 0 saturated heterocycles. The number of alkyl halides is 2. The number of methoxy groups -OCH3 is 1. The van der Waals surface area contributed by atoms with Crippen molar-refractivity contribution in [3.8, 4) is 6.07 Å². The number of pyridine rings is 1. The number of hydrogen-bond acceptors (Lipinski definition) is 4. The molecule has 4 nitrogen and oxygen atoms in total. The van der Waals surface area contributed by atoms with E-state index in [9.17, 15) is 18.0 Å². The van der Waals surface area contributed by atoms with Crippen molar-refractivity contribution < 1.29 is 22.7 Å².